The summed E-state index contributed by atoms with van der Waals surface area (Å²) in [6.07, 6.45) is 8.31. The highest BCUT2D eigenvalue weighted by atomic mass is 16.3. The van der Waals surface area contributed by atoms with Gasteiger partial charge in [-0.1, -0.05) is 111 Å². The normalized spacial score (nSPS) is 17.3. The van der Waals surface area contributed by atoms with Gasteiger partial charge in [-0.05, 0) is 86.3 Å². The molecule has 8 rings (SSSR count). The van der Waals surface area contributed by atoms with Crippen LogP contribution in [-0.2, 0) is 0 Å². The lowest BCUT2D eigenvalue weighted by Gasteiger charge is -2.41. The van der Waals surface area contributed by atoms with Crippen LogP contribution < -0.4 is 0 Å². The third kappa shape index (κ3) is 4.09. The summed E-state index contributed by atoms with van der Waals surface area (Å²) in [5.74, 6) is 2.03. The van der Waals surface area contributed by atoms with Gasteiger partial charge in [0.2, 0.25) is 0 Å². The second-order valence-corrected chi connectivity index (χ2v) is 12.2. The fourth-order valence-electron chi connectivity index (χ4n) is 7.63. The number of benzene rings is 4. The Labute approximate surface area is 252 Å². The molecular formula is C41H32O2. The molecule has 2 aliphatic carbocycles. The Morgan fingerprint density at radius 2 is 0.907 bits per heavy atom. The number of furan rings is 2. The molecular weight excluding hydrogens is 524 g/mol. The molecule has 2 aliphatic rings. The second-order valence-electron chi connectivity index (χ2n) is 12.2. The van der Waals surface area contributed by atoms with Crippen molar-refractivity contribution in [3.63, 3.8) is 0 Å². The first-order valence-electron chi connectivity index (χ1n) is 15.0. The molecule has 0 fully saturated rings. The SMILES string of the molecule is CC(C)(C1C(c2ccco2)=Cc2c(-c3ccccc3)cccc21)C1C(c2ccco2)=Cc2c(-c3ccccc3)cccc21. The highest BCUT2D eigenvalue weighted by molar-refractivity contribution is 5.99. The Balaban J connectivity index is 1.34. The second kappa shape index (κ2) is 10.0. The first-order chi connectivity index (χ1) is 21.1. The number of hydrogen-bond donors (Lipinski definition) is 0. The van der Waals surface area contributed by atoms with E-state index in [0.29, 0.717) is 0 Å². The highest BCUT2D eigenvalue weighted by Gasteiger charge is 2.49. The van der Waals surface area contributed by atoms with Crippen molar-refractivity contribution in [3.05, 3.63) is 168 Å². The number of fused-ring (bicyclic) bond motifs is 2. The van der Waals surface area contributed by atoms with Gasteiger partial charge in [0.25, 0.3) is 0 Å². The van der Waals surface area contributed by atoms with Crippen molar-refractivity contribution in [2.24, 2.45) is 5.41 Å². The molecule has 0 saturated carbocycles. The van der Waals surface area contributed by atoms with Gasteiger partial charge in [-0.15, -0.1) is 0 Å². The van der Waals surface area contributed by atoms with Crippen molar-refractivity contribution >= 4 is 23.3 Å². The van der Waals surface area contributed by atoms with Crippen molar-refractivity contribution < 1.29 is 8.83 Å². The van der Waals surface area contributed by atoms with E-state index in [0.717, 1.165) is 11.5 Å². The molecule has 0 bridgehead atoms. The fraction of sp³-hybridized carbons (Fsp3) is 0.122. The van der Waals surface area contributed by atoms with E-state index in [-0.39, 0.29) is 17.3 Å². The molecule has 0 spiro atoms. The predicted molar refractivity (Wildman–Crippen MR) is 176 cm³/mol. The minimum Gasteiger partial charge on any atom is -0.465 e. The van der Waals surface area contributed by atoms with E-state index >= 15 is 0 Å². The van der Waals surface area contributed by atoms with Gasteiger partial charge < -0.3 is 8.83 Å². The maximum Gasteiger partial charge on any atom is 0.130 e. The summed E-state index contributed by atoms with van der Waals surface area (Å²) in [6.45, 7) is 4.84. The number of hydrogen-bond acceptors (Lipinski definition) is 2. The average molecular weight is 557 g/mol. The van der Waals surface area contributed by atoms with Crippen LogP contribution in [0.4, 0.5) is 0 Å². The summed E-state index contributed by atoms with van der Waals surface area (Å²) in [6, 6.07) is 43.1. The molecule has 0 amide bonds. The zero-order chi connectivity index (χ0) is 29.0. The minimum absolute atomic E-state index is 0.0898. The van der Waals surface area contributed by atoms with E-state index < -0.39 is 0 Å². The van der Waals surface area contributed by atoms with Gasteiger partial charge in [-0.2, -0.15) is 0 Å². The maximum atomic E-state index is 6.13. The summed E-state index contributed by atoms with van der Waals surface area (Å²) in [5, 5.41) is 0. The lowest BCUT2D eigenvalue weighted by atomic mass is 9.61. The van der Waals surface area contributed by atoms with E-state index in [9.17, 15) is 0 Å². The van der Waals surface area contributed by atoms with E-state index in [2.05, 4.69) is 135 Å². The standard InChI is InChI=1S/C41H32O2/c1-41(2,39-31-19-9-17-29(27-13-5-3-6-14-27)33(31)25-35(39)37-21-11-23-42-37)40-32-20-10-18-30(28-15-7-4-8-16-28)34(32)26-36(40)38-22-12-24-43-38/h3-26,39-40H,1-2H3. The molecule has 0 radical (unpaired) electrons. The van der Waals surface area contributed by atoms with E-state index in [4.69, 9.17) is 8.83 Å². The van der Waals surface area contributed by atoms with E-state index in [1.165, 1.54) is 55.7 Å². The van der Waals surface area contributed by atoms with Crippen molar-refractivity contribution in [3.8, 4) is 22.3 Å². The first-order valence-corrected chi connectivity index (χ1v) is 15.0. The summed E-state index contributed by atoms with van der Waals surface area (Å²) in [5.41, 5.74) is 12.4. The molecule has 2 heteroatoms. The Kier molecular flexibility index (Phi) is 5.97. The zero-order valence-corrected chi connectivity index (χ0v) is 24.3. The Morgan fingerprint density at radius 1 is 0.465 bits per heavy atom. The average Bonchev–Trinajstić information content (AvgIpc) is 3.86. The zero-order valence-electron chi connectivity index (χ0n) is 24.3. The van der Waals surface area contributed by atoms with Crippen LogP contribution in [-0.4, -0.2) is 0 Å². The molecule has 2 heterocycles. The van der Waals surface area contributed by atoms with Crippen LogP contribution in [0.15, 0.2) is 143 Å². The Bertz CT molecular complexity index is 1830. The van der Waals surface area contributed by atoms with Gasteiger partial charge >= 0.3 is 0 Å². The molecule has 6 aromatic rings. The topological polar surface area (TPSA) is 26.3 Å². The van der Waals surface area contributed by atoms with E-state index in [1.807, 2.05) is 12.1 Å². The summed E-state index contributed by atoms with van der Waals surface area (Å²) >= 11 is 0. The molecule has 2 unspecified atom stereocenters. The number of rotatable bonds is 6. The third-order valence-corrected chi connectivity index (χ3v) is 9.39. The van der Waals surface area contributed by atoms with Crippen LogP contribution in [0.5, 0.6) is 0 Å². The van der Waals surface area contributed by atoms with Crippen molar-refractivity contribution in [2.45, 2.75) is 25.7 Å². The van der Waals surface area contributed by atoms with Crippen LogP contribution in [0, 0.1) is 5.41 Å². The summed E-state index contributed by atoms with van der Waals surface area (Å²) in [7, 11) is 0. The molecule has 2 atom stereocenters. The van der Waals surface area contributed by atoms with Gasteiger partial charge in [-0.3, -0.25) is 0 Å². The monoisotopic (exact) mass is 556 g/mol. The van der Waals surface area contributed by atoms with Gasteiger partial charge in [0.05, 0.1) is 12.5 Å². The quantitative estimate of drug-likeness (QED) is 0.204. The molecule has 0 saturated heterocycles. The minimum atomic E-state index is -0.252. The molecule has 0 aliphatic heterocycles. The van der Waals surface area contributed by atoms with Crippen LogP contribution in [0.3, 0.4) is 0 Å². The maximum absolute atomic E-state index is 6.13. The molecule has 2 nitrogen and oxygen atoms in total. The summed E-state index contributed by atoms with van der Waals surface area (Å²) < 4.78 is 12.3. The van der Waals surface area contributed by atoms with Crippen LogP contribution >= 0.6 is 0 Å². The lowest BCUT2D eigenvalue weighted by Crippen LogP contribution is -2.30. The molecule has 2 aromatic heterocycles. The van der Waals surface area contributed by atoms with Crippen LogP contribution in [0.1, 0.15) is 59.5 Å². The van der Waals surface area contributed by atoms with Gasteiger partial charge in [-0.25, -0.2) is 0 Å². The molecule has 208 valence electrons. The van der Waals surface area contributed by atoms with Gasteiger partial charge in [0.1, 0.15) is 11.5 Å². The fourth-order valence-corrected chi connectivity index (χ4v) is 7.63. The molecule has 0 N–H and O–H groups in total. The summed E-state index contributed by atoms with van der Waals surface area (Å²) in [4.78, 5) is 0. The van der Waals surface area contributed by atoms with Crippen molar-refractivity contribution in [1.82, 2.24) is 0 Å². The van der Waals surface area contributed by atoms with E-state index in [1.54, 1.807) is 12.5 Å². The van der Waals surface area contributed by atoms with Crippen LogP contribution in [0.25, 0.3) is 45.6 Å². The lowest BCUT2D eigenvalue weighted by molar-refractivity contribution is 0.299. The Morgan fingerprint density at radius 3 is 1.30 bits per heavy atom. The first kappa shape index (κ1) is 25.6. The van der Waals surface area contributed by atoms with Gasteiger partial charge in [0, 0.05) is 23.0 Å². The van der Waals surface area contributed by atoms with Crippen molar-refractivity contribution in [2.75, 3.05) is 0 Å². The number of allylic oxidation sites excluding steroid dienone is 2. The van der Waals surface area contributed by atoms with Crippen molar-refractivity contribution in [1.29, 1.82) is 0 Å². The predicted octanol–water partition coefficient (Wildman–Crippen LogP) is 11.2. The largest absolute Gasteiger partial charge is 0.465 e. The highest BCUT2D eigenvalue weighted by Crippen LogP contribution is 2.63. The molecule has 43 heavy (non-hydrogen) atoms. The van der Waals surface area contributed by atoms with Gasteiger partial charge in [0.15, 0.2) is 0 Å². The smallest absolute Gasteiger partial charge is 0.130 e. The van der Waals surface area contributed by atoms with Crippen LogP contribution in [0.2, 0.25) is 0 Å². The third-order valence-electron chi connectivity index (χ3n) is 9.39. The Hall–Kier alpha value is -5.08. The molecule has 4 aromatic carbocycles.